The number of aliphatic hydroxyl groups excluding tert-OH is 1. The Morgan fingerprint density at radius 3 is 2.40 bits per heavy atom. The van der Waals surface area contributed by atoms with Crippen LogP contribution in [0.3, 0.4) is 0 Å². The molecule has 3 N–H and O–H groups in total. The maximum absolute atomic E-state index is 12.5. The van der Waals surface area contributed by atoms with Crippen molar-refractivity contribution in [2.45, 2.75) is 18.6 Å². The van der Waals surface area contributed by atoms with Crippen molar-refractivity contribution in [1.82, 2.24) is 10.6 Å². The van der Waals surface area contributed by atoms with E-state index in [0.29, 0.717) is 10.6 Å². The average Bonchev–Trinajstić information content (AvgIpc) is 2.35. The van der Waals surface area contributed by atoms with E-state index in [-0.39, 0.29) is 13.2 Å². The molecule has 1 unspecified atom stereocenters. The Kier molecular flexibility index (Phi) is 6.09. The second-order valence-electron chi connectivity index (χ2n) is 4.05. The van der Waals surface area contributed by atoms with Crippen LogP contribution in [0.2, 0.25) is 5.02 Å². The Morgan fingerprint density at radius 2 is 1.90 bits per heavy atom. The monoisotopic (exact) mass is 310 g/mol. The summed E-state index contributed by atoms with van der Waals surface area (Å²) in [6.07, 6.45) is -5.62. The van der Waals surface area contributed by atoms with Gasteiger partial charge in [-0.05, 0) is 17.7 Å². The zero-order chi connectivity index (χ0) is 15.2. The minimum absolute atomic E-state index is 0.0365. The number of benzene rings is 1. The largest absolute Gasteiger partial charge is 0.395 e. The van der Waals surface area contributed by atoms with E-state index in [1.807, 2.05) is 0 Å². The Bertz CT molecular complexity index is 437. The maximum Gasteiger partial charge on any atom is 0.391 e. The molecule has 0 heterocycles. The predicted molar refractivity (Wildman–Crippen MR) is 68.5 cm³/mol. The van der Waals surface area contributed by atoms with E-state index < -0.39 is 24.7 Å². The van der Waals surface area contributed by atoms with Crippen LogP contribution in [0.25, 0.3) is 0 Å². The van der Waals surface area contributed by atoms with Crippen molar-refractivity contribution in [1.29, 1.82) is 0 Å². The fourth-order valence-electron chi connectivity index (χ4n) is 1.56. The van der Waals surface area contributed by atoms with Crippen LogP contribution in [0.4, 0.5) is 18.0 Å². The van der Waals surface area contributed by atoms with E-state index in [1.54, 1.807) is 0 Å². The van der Waals surface area contributed by atoms with E-state index in [9.17, 15) is 18.0 Å². The molecule has 0 saturated carbocycles. The second-order valence-corrected chi connectivity index (χ2v) is 4.48. The maximum atomic E-state index is 12.5. The van der Waals surface area contributed by atoms with Crippen LogP contribution >= 0.6 is 11.6 Å². The summed E-state index contributed by atoms with van der Waals surface area (Å²) in [5.74, 6) is 0. The highest BCUT2D eigenvalue weighted by molar-refractivity contribution is 6.30. The van der Waals surface area contributed by atoms with E-state index in [4.69, 9.17) is 16.7 Å². The number of rotatable bonds is 5. The quantitative estimate of drug-likeness (QED) is 0.783. The minimum Gasteiger partial charge on any atom is -0.395 e. The molecule has 112 valence electrons. The predicted octanol–water partition coefficient (Wildman–Crippen LogP) is 2.63. The Balaban J connectivity index is 2.80. The molecule has 1 aromatic rings. The number of nitrogens with one attached hydrogen (secondary N) is 2. The van der Waals surface area contributed by atoms with Gasteiger partial charge in [0.15, 0.2) is 0 Å². The van der Waals surface area contributed by atoms with Gasteiger partial charge in [-0.25, -0.2) is 4.79 Å². The lowest BCUT2D eigenvalue weighted by Crippen LogP contribution is -2.40. The summed E-state index contributed by atoms with van der Waals surface area (Å²) in [6.45, 7) is -0.330. The number of halogens is 4. The van der Waals surface area contributed by atoms with Crippen molar-refractivity contribution in [2.75, 3.05) is 13.2 Å². The van der Waals surface area contributed by atoms with Crippen LogP contribution < -0.4 is 10.6 Å². The van der Waals surface area contributed by atoms with Gasteiger partial charge in [0.1, 0.15) is 0 Å². The number of hydrogen-bond donors (Lipinski definition) is 3. The molecule has 1 rings (SSSR count). The lowest BCUT2D eigenvalue weighted by molar-refractivity contribution is -0.139. The molecular formula is C12H14ClF3N2O2. The molecule has 8 heteroatoms. The van der Waals surface area contributed by atoms with Crippen molar-refractivity contribution in [3.63, 3.8) is 0 Å². The Hall–Kier alpha value is -1.47. The van der Waals surface area contributed by atoms with Gasteiger partial charge in [0, 0.05) is 11.6 Å². The standard InChI is InChI=1S/C12H14ClF3N2O2/c13-9-3-1-8(2-4-9)10(7-12(14,15)16)18-11(20)17-5-6-19/h1-4,10,19H,5-7H2,(H2,17,18,20). The number of amides is 2. The molecule has 0 bridgehead atoms. The van der Waals surface area contributed by atoms with Crippen LogP contribution in [-0.2, 0) is 0 Å². The van der Waals surface area contributed by atoms with Crippen LogP contribution in [0.1, 0.15) is 18.0 Å². The van der Waals surface area contributed by atoms with E-state index in [1.165, 1.54) is 24.3 Å². The average molecular weight is 311 g/mol. The van der Waals surface area contributed by atoms with Gasteiger partial charge in [-0.3, -0.25) is 0 Å². The first-order valence-corrected chi connectivity index (χ1v) is 6.17. The number of hydrogen-bond acceptors (Lipinski definition) is 2. The molecular weight excluding hydrogens is 297 g/mol. The van der Waals surface area contributed by atoms with Crippen molar-refractivity contribution < 1.29 is 23.1 Å². The van der Waals surface area contributed by atoms with Gasteiger partial charge in [0.25, 0.3) is 0 Å². The highest BCUT2D eigenvalue weighted by Gasteiger charge is 2.33. The van der Waals surface area contributed by atoms with Gasteiger partial charge in [-0.1, -0.05) is 23.7 Å². The number of alkyl halides is 3. The number of urea groups is 1. The van der Waals surface area contributed by atoms with Gasteiger partial charge in [0.05, 0.1) is 19.1 Å². The Morgan fingerprint density at radius 1 is 1.30 bits per heavy atom. The van der Waals surface area contributed by atoms with Gasteiger partial charge in [0.2, 0.25) is 0 Å². The van der Waals surface area contributed by atoms with Crippen LogP contribution in [-0.4, -0.2) is 30.5 Å². The molecule has 2 amide bonds. The lowest BCUT2D eigenvalue weighted by atomic mass is 10.0. The number of carbonyl (C=O) groups excluding carboxylic acids is 1. The summed E-state index contributed by atoms with van der Waals surface area (Å²) in [7, 11) is 0. The SMILES string of the molecule is O=C(NCCO)NC(CC(F)(F)F)c1ccc(Cl)cc1. The van der Waals surface area contributed by atoms with E-state index in [0.717, 1.165) is 0 Å². The van der Waals surface area contributed by atoms with Crippen LogP contribution in [0.15, 0.2) is 24.3 Å². The first-order valence-electron chi connectivity index (χ1n) is 5.79. The molecule has 0 radical (unpaired) electrons. The normalized spacial score (nSPS) is 12.8. The van der Waals surface area contributed by atoms with Gasteiger partial charge in [-0.15, -0.1) is 0 Å². The first kappa shape index (κ1) is 16.6. The Labute approximate surface area is 118 Å². The molecule has 1 atom stereocenters. The summed E-state index contributed by atoms with van der Waals surface area (Å²) in [4.78, 5) is 11.4. The summed E-state index contributed by atoms with van der Waals surface area (Å²) >= 11 is 5.67. The van der Waals surface area contributed by atoms with Crippen molar-refractivity contribution in [3.8, 4) is 0 Å². The molecule has 0 aromatic heterocycles. The van der Waals surface area contributed by atoms with E-state index >= 15 is 0 Å². The fourth-order valence-corrected chi connectivity index (χ4v) is 1.68. The number of aliphatic hydroxyl groups is 1. The molecule has 0 fully saturated rings. The third-order valence-corrected chi connectivity index (χ3v) is 2.66. The van der Waals surface area contributed by atoms with Gasteiger partial charge in [-0.2, -0.15) is 13.2 Å². The summed E-state index contributed by atoms with van der Waals surface area (Å²) in [5.41, 5.74) is 0.297. The van der Waals surface area contributed by atoms with Gasteiger partial charge < -0.3 is 15.7 Å². The van der Waals surface area contributed by atoms with Crippen molar-refractivity contribution >= 4 is 17.6 Å². The summed E-state index contributed by atoms with van der Waals surface area (Å²) < 4.78 is 37.6. The smallest absolute Gasteiger partial charge is 0.391 e. The highest BCUT2D eigenvalue weighted by Crippen LogP contribution is 2.30. The van der Waals surface area contributed by atoms with Gasteiger partial charge >= 0.3 is 12.2 Å². The molecule has 0 aliphatic carbocycles. The zero-order valence-corrected chi connectivity index (χ0v) is 11.1. The topological polar surface area (TPSA) is 61.4 Å². The third kappa shape index (κ3) is 6.12. The molecule has 0 saturated heterocycles. The highest BCUT2D eigenvalue weighted by atomic mass is 35.5. The second kappa shape index (κ2) is 7.35. The molecule has 1 aromatic carbocycles. The van der Waals surface area contributed by atoms with E-state index in [2.05, 4.69) is 10.6 Å². The molecule has 20 heavy (non-hydrogen) atoms. The number of carbonyl (C=O) groups is 1. The van der Waals surface area contributed by atoms with Crippen molar-refractivity contribution in [2.24, 2.45) is 0 Å². The molecule has 0 aliphatic heterocycles. The van der Waals surface area contributed by atoms with Crippen LogP contribution in [0.5, 0.6) is 0 Å². The third-order valence-electron chi connectivity index (χ3n) is 2.41. The van der Waals surface area contributed by atoms with Crippen LogP contribution in [0, 0.1) is 0 Å². The lowest BCUT2D eigenvalue weighted by Gasteiger charge is -2.21. The fraction of sp³-hybridized carbons (Fsp3) is 0.417. The minimum atomic E-state index is -4.42. The van der Waals surface area contributed by atoms with Crippen molar-refractivity contribution in [3.05, 3.63) is 34.9 Å². The summed E-state index contributed by atoms with van der Waals surface area (Å²) in [5, 5.41) is 13.4. The molecule has 0 spiro atoms. The molecule has 0 aliphatic rings. The molecule has 4 nitrogen and oxygen atoms in total. The summed E-state index contributed by atoms with van der Waals surface area (Å²) in [6, 6.07) is 3.76. The zero-order valence-electron chi connectivity index (χ0n) is 10.4. The first-order chi connectivity index (χ1) is 9.31.